The zero-order valence-electron chi connectivity index (χ0n) is 11.2. The number of rotatable bonds is 1. The number of hydrogen-bond acceptors (Lipinski definition) is 2. The Kier molecular flexibility index (Phi) is 3.22. The minimum Gasteiger partial charge on any atom is -0.465 e. The molecule has 3 aliphatic heterocycles. The van der Waals surface area contributed by atoms with Gasteiger partial charge in [0.2, 0.25) is 0 Å². The Labute approximate surface area is 109 Å². The van der Waals surface area contributed by atoms with Crippen LogP contribution in [0, 0.1) is 5.92 Å². The molecule has 3 fully saturated rings. The van der Waals surface area contributed by atoms with Crippen molar-refractivity contribution >= 4 is 6.09 Å². The Morgan fingerprint density at radius 1 is 1.00 bits per heavy atom. The SMILES string of the molecule is CC1CCN([C@@H]2CC3CC[C@@H](C2)N3C(=O)O)CC1. The zero-order valence-corrected chi connectivity index (χ0v) is 11.2. The van der Waals surface area contributed by atoms with Gasteiger partial charge in [0.15, 0.2) is 0 Å². The highest BCUT2D eigenvalue weighted by Crippen LogP contribution is 2.38. The topological polar surface area (TPSA) is 43.8 Å². The van der Waals surface area contributed by atoms with Gasteiger partial charge >= 0.3 is 6.09 Å². The van der Waals surface area contributed by atoms with E-state index in [0.717, 1.165) is 31.6 Å². The van der Waals surface area contributed by atoms with E-state index in [1.54, 1.807) is 4.90 Å². The number of carboxylic acid groups (broad SMARTS) is 1. The smallest absolute Gasteiger partial charge is 0.407 e. The molecule has 1 unspecified atom stereocenters. The van der Waals surface area contributed by atoms with E-state index in [4.69, 9.17) is 0 Å². The van der Waals surface area contributed by atoms with E-state index in [9.17, 15) is 9.90 Å². The molecule has 0 aliphatic carbocycles. The summed E-state index contributed by atoms with van der Waals surface area (Å²) in [5, 5.41) is 9.26. The van der Waals surface area contributed by atoms with Gasteiger partial charge in [-0.1, -0.05) is 6.92 Å². The molecule has 0 saturated carbocycles. The zero-order chi connectivity index (χ0) is 12.7. The average molecular weight is 252 g/mol. The van der Waals surface area contributed by atoms with Crippen molar-refractivity contribution in [3.8, 4) is 0 Å². The highest BCUT2D eigenvalue weighted by molar-refractivity contribution is 5.66. The van der Waals surface area contributed by atoms with Gasteiger partial charge in [0.25, 0.3) is 0 Å². The summed E-state index contributed by atoms with van der Waals surface area (Å²) < 4.78 is 0. The average Bonchev–Trinajstić information content (AvgIpc) is 2.62. The van der Waals surface area contributed by atoms with Crippen LogP contribution in [0.1, 0.15) is 45.4 Å². The van der Waals surface area contributed by atoms with Gasteiger partial charge in [-0.05, 0) is 57.5 Å². The molecule has 0 aromatic heterocycles. The summed E-state index contributed by atoms with van der Waals surface area (Å²) in [6.45, 7) is 4.78. The third-order valence-electron chi connectivity index (χ3n) is 5.26. The van der Waals surface area contributed by atoms with E-state index in [2.05, 4.69) is 11.8 Å². The van der Waals surface area contributed by atoms with Crippen molar-refractivity contribution in [2.45, 2.75) is 63.6 Å². The van der Waals surface area contributed by atoms with Crippen LogP contribution in [0.25, 0.3) is 0 Å². The third kappa shape index (κ3) is 2.11. The lowest BCUT2D eigenvalue weighted by molar-refractivity contribution is 0.0433. The van der Waals surface area contributed by atoms with Crippen LogP contribution in [0.3, 0.4) is 0 Å². The number of piperidine rings is 2. The number of nitrogens with zero attached hydrogens (tertiary/aromatic N) is 2. The highest BCUT2D eigenvalue weighted by atomic mass is 16.4. The molecule has 18 heavy (non-hydrogen) atoms. The van der Waals surface area contributed by atoms with Gasteiger partial charge in [-0.25, -0.2) is 4.79 Å². The molecule has 3 heterocycles. The molecular formula is C14H24N2O2. The minimum absolute atomic E-state index is 0.297. The van der Waals surface area contributed by atoms with Gasteiger partial charge < -0.3 is 14.9 Å². The molecule has 3 aliphatic rings. The summed E-state index contributed by atoms with van der Waals surface area (Å²) >= 11 is 0. The molecule has 0 radical (unpaired) electrons. The molecule has 2 bridgehead atoms. The van der Waals surface area contributed by atoms with Crippen molar-refractivity contribution in [3.63, 3.8) is 0 Å². The first kappa shape index (κ1) is 12.3. The van der Waals surface area contributed by atoms with E-state index in [1.807, 2.05) is 0 Å². The van der Waals surface area contributed by atoms with Crippen LogP contribution in [0.2, 0.25) is 0 Å². The van der Waals surface area contributed by atoms with E-state index < -0.39 is 6.09 Å². The molecule has 4 heteroatoms. The second-order valence-corrected chi connectivity index (χ2v) is 6.42. The van der Waals surface area contributed by atoms with Crippen molar-refractivity contribution in [2.75, 3.05) is 13.1 Å². The standard InChI is InChI=1S/C14H24N2O2/c1-10-4-6-15(7-5-10)13-8-11-2-3-12(9-13)16(11)14(17)18/h10-13H,2-9H2,1H3,(H,17,18)/t11-,12?,13-/m0/s1. The minimum atomic E-state index is -0.701. The number of carbonyl (C=O) groups is 1. The molecule has 4 nitrogen and oxygen atoms in total. The summed E-state index contributed by atoms with van der Waals surface area (Å²) in [6.07, 6.45) is 6.22. The molecule has 0 spiro atoms. The molecular weight excluding hydrogens is 228 g/mol. The maximum atomic E-state index is 11.3. The van der Waals surface area contributed by atoms with Crippen molar-refractivity contribution in [1.29, 1.82) is 0 Å². The monoisotopic (exact) mass is 252 g/mol. The highest BCUT2D eigenvalue weighted by Gasteiger charge is 2.44. The van der Waals surface area contributed by atoms with Gasteiger partial charge in [0, 0.05) is 18.1 Å². The van der Waals surface area contributed by atoms with Crippen molar-refractivity contribution in [3.05, 3.63) is 0 Å². The summed E-state index contributed by atoms with van der Waals surface area (Å²) in [4.78, 5) is 15.6. The predicted molar refractivity (Wildman–Crippen MR) is 69.7 cm³/mol. The van der Waals surface area contributed by atoms with Crippen molar-refractivity contribution in [1.82, 2.24) is 9.80 Å². The predicted octanol–water partition coefficient (Wildman–Crippen LogP) is 2.39. The van der Waals surface area contributed by atoms with Gasteiger partial charge in [-0.3, -0.25) is 0 Å². The van der Waals surface area contributed by atoms with Crippen molar-refractivity contribution in [2.24, 2.45) is 5.92 Å². The van der Waals surface area contributed by atoms with Crippen LogP contribution in [-0.4, -0.2) is 52.2 Å². The molecule has 1 N–H and O–H groups in total. The number of hydrogen-bond donors (Lipinski definition) is 1. The second kappa shape index (κ2) is 4.72. The second-order valence-electron chi connectivity index (χ2n) is 6.42. The Bertz CT molecular complexity index is 312. The third-order valence-corrected chi connectivity index (χ3v) is 5.26. The molecule has 102 valence electrons. The van der Waals surface area contributed by atoms with Crippen LogP contribution in [-0.2, 0) is 0 Å². The number of amides is 1. The maximum Gasteiger partial charge on any atom is 0.407 e. The lowest BCUT2D eigenvalue weighted by Crippen LogP contribution is -2.53. The Morgan fingerprint density at radius 3 is 2.06 bits per heavy atom. The van der Waals surface area contributed by atoms with Gasteiger partial charge in [-0.15, -0.1) is 0 Å². The van der Waals surface area contributed by atoms with E-state index in [0.29, 0.717) is 18.1 Å². The molecule has 0 aromatic rings. The Morgan fingerprint density at radius 2 is 1.56 bits per heavy atom. The summed E-state index contributed by atoms with van der Waals surface area (Å²) in [5.41, 5.74) is 0. The van der Waals surface area contributed by atoms with Gasteiger partial charge in [0.1, 0.15) is 0 Å². The van der Waals surface area contributed by atoms with Crippen LogP contribution in [0.5, 0.6) is 0 Å². The largest absolute Gasteiger partial charge is 0.465 e. The van der Waals surface area contributed by atoms with E-state index in [1.165, 1.54) is 25.9 Å². The quantitative estimate of drug-likeness (QED) is 0.779. The molecule has 1 amide bonds. The summed E-state index contributed by atoms with van der Waals surface area (Å²) in [6, 6.07) is 1.24. The normalized spacial score (nSPS) is 38.1. The van der Waals surface area contributed by atoms with Gasteiger partial charge in [-0.2, -0.15) is 0 Å². The first-order valence-corrected chi connectivity index (χ1v) is 7.40. The Hall–Kier alpha value is -0.770. The first-order chi connectivity index (χ1) is 8.65. The maximum absolute atomic E-state index is 11.3. The molecule has 3 rings (SSSR count). The number of fused-ring (bicyclic) bond motifs is 2. The van der Waals surface area contributed by atoms with E-state index in [-0.39, 0.29) is 0 Å². The first-order valence-electron chi connectivity index (χ1n) is 7.40. The van der Waals surface area contributed by atoms with Crippen LogP contribution < -0.4 is 0 Å². The van der Waals surface area contributed by atoms with Crippen LogP contribution >= 0.6 is 0 Å². The molecule has 3 atom stereocenters. The lowest BCUT2D eigenvalue weighted by Gasteiger charge is -2.44. The van der Waals surface area contributed by atoms with Gasteiger partial charge in [0.05, 0.1) is 0 Å². The fourth-order valence-corrected chi connectivity index (χ4v) is 4.15. The lowest BCUT2D eigenvalue weighted by atomic mass is 9.92. The fraction of sp³-hybridized carbons (Fsp3) is 0.929. The fourth-order valence-electron chi connectivity index (χ4n) is 4.15. The van der Waals surface area contributed by atoms with Crippen molar-refractivity contribution < 1.29 is 9.90 Å². The Balaban J connectivity index is 1.63. The summed E-state index contributed by atoms with van der Waals surface area (Å²) in [7, 11) is 0. The van der Waals surface area contributed by atoms with E-state index >= 15 is 0 Å². The molecule has 0 aromatic carbocycles. The van der Waals surface area contributed by atoms with Crippen LogP contribution in [0.4, 0.5) is 4.79 Å². The molecule has 3 saturated heterocycles. The number of likely N-dealkylation sites (tertiary alicyclic amines) is 1. The summed E-state index contributed by atoms with van der Waals surface area (Å²) in [5.74, 6) is 0.872. The van der Waals surface area contributed by atoms with Crippen LogP contribution in [0.15, 0.2) is 0 Å².